The highest BCUT2D eigenvalue weighted by Gasteiger charge is 2.34. The molecule has 3 amide bonds. The molecule has 2 N–H and O–H groups in total. The van der Waals surface area contributed by atoms with Crippen LogP contribution in [-0.4, -0.2) is 41.2 Å². The van der Waals surface area contributed by atoms with Crippen LogP contribution in [0.5, 0.6) is 0 Å². The van der Waals surface area contributed by atoms with Crippen LogP contribution in [0.4, 0.5) is 5.69 Å². The monoisotopic (exact) mass is 433 g/mol. The third-order valence-electron chi connectivity index (χ3n) is 6.52. The van der Waals surface area contributed by atoms with E-state index in [2.05, 4.69) is 10.6 Å². The van der Waals surface area contributed by atoms with Gasteiger partial charge in [-0.15, -0.1) is 0 Å². The maximum absolute atomic E-state index is 13.0. The maximum Gasteiger partial charge on any atom is 0.254 e. The van der Waals surface area contributed by atoms with Gasteiger partial charge in [0.25, 0.3) is 11.8 Å². The van der Waals surface area contributed by atoms with Crippen molar-refractivity contribution in [2.75, 3.05) is 11.9 Å². The second-order valence-electron chi connectivity index (χ2n) is 8.85. The molecule has 0 aromatic heterocycles. The number of amides is 3. The Balaban J connectivity index is 1.40. The van der Waals surface area contributed by atoms with Crippen LogP contribution in [0.2, 0.25) is 0 Å². The van der Waals surface area contributed by atoms with E-state index in [1.807, 2.05) is 31.2 Å². The van der Waals surface area contributed by atoms with E-state index in [-0.39, 0.29) is 23.8 Å². The second kappa shape index (κ2) is 9.98. The molecule has 6 heteroatoms. The van der Waals surface area contributed by atoms with Gasteiger partial charge in [0.15, 0.2) is 0 Å². The van der Waals surface area contributed by atoms with Gasteiger partial charge in [0.2, 0.25) is 5.91 Å². The van der Waals surface area contributed by atoms with E-state index in [1.54, 1.807) is 29.2 Å². The van der Waals surface area contributed by atoms with Crippen LogP contribution in [0, 0.1) is 6.92 Å². The lowest BCUT2D eigenvalue weighted by Gasteiger charge is -2.24. The average molecular weight is 434 g/mol. The molecule has 4 rings (SSSR count). The first-order valence-electron chi connectivity index (χ1n) is 11.6. The summed E-state index contributed by atoms with van der Waals surface area (Å²) >= 11 is 0. The number of nitrogens with one attached hydrogen (secondary N) is 2. The summed E-state index contributed by atoms with van der Waals surface area (Å²) in [7, 11) is 0. The molecule has 0 bridgehead atoms. The number of carbonyl (C=O) groups is 3. The predicted molar refractivity (Wildman–Crippen MR) is 125 cm³/mol. The first-order chi connectivity index (χ1) is 15.5. The Kier molecular flexibility index (Phi) is 6.88. The quantitative estimate of drug-likeness (QED) is 0.738. The maximum atomic E-state index is 13.0. The molecule has 168 valence electrons. The number of rotatable bonds is 5. The minimum atomic E-state index is -0.489. The zero-order valence-electron chi connectivity index (χ0n) is 18.6. The van der Waals surface area contributed by atoms with Gasteiger partial charge >= 0.3 is 0 Å². The van der Waals surface area contributed by atoms with Gasteiger partial charge in [0.1, 0.15) is 6.04 Å². The average Bonchev–Trinajstić information content (AvgIpc) is 3.31. The standard InChI is InChI=1S/C26H31N3O3/c1-18-17-20(24(30)27-21-11-6-3-7-12-21)14-15-22(18)28-25(31)23-13-8-16-29(23)26(32)19-9-4-2-5-10-19/h2,4-5,9-10,14-15,17,21,23H,3,6-8,11-13,16H2,1H3,(H,27,30)(H,28,31). The lowest BCUT2D eigenvalue weighted by atomic mass is 9.95. The molecule has 1 aliphatic carbocycles. The minimum Gasteiger partial charge on any atom is -0.349 e. The van der Waals surface area contributed by atoms with E-state index in [9.17, 15) is 14.4 Å². The molecular weight excluding hydrogens is 402 g/mol. The van der Waals surface area contributed by atoms with Crippen LogP contribution in [0.15, 0.2) is 48.5 Å². The summed E-state index contributed by atoms with van der Waals surface area (Å²) in [5, 5.41) is 6.10. The van der Waals surface area contributed by atoms with E-state index in [1.165, 1.54) is 19.3 Å². The Morgan fingerprint density at radius 2 is 1.62 bits per heavy atom. The van der Waals surface area contributed by atoms with E-state index >= 15 is 0 Å². The molecule has 32 heavy (non-hydrogen) atoms. The van der Waals surface area contributed by atoms with E-state index in [0.717, 1.165) is 24.8 Å². The Morgan fingerprint density at radius 3 is 2.34 bits per heavy atom. The first kappa shape index (κ1) is 22.1. The van der Waals surface area contributed by atoms with Gasteiger partial charge in [0, 0.05) is 29.4 Å². The molecule has 2 fully saturated rings. The number of benzene rings is 2. The summed E-state index contributed by atoms with van der Waals surface area (Å²) in [4.78, 5) is 40.2. The van der Waals surface area contributed by atoms with Crippen LogP contribution >= 0.6 is 0 Å². The molecule has 1 saturated heterocycles. The minimum absolute atomic E-state index is 0.0618. The summed E-state index contributed by atoms with van der Waals surface area (Å²) in [5.41, 5.74) is 2.70. The van der Waals surface area contributed by atoms with Crippen molar-refractivity contribution in [2.45, 2.75) is 64.0 Å². The number of anilines is 1. The van der Waals surface area contributed by atoms with E-state index in [0.29, 0.717) is 29.8 Å². The molecule has 2 aliphatic rings. The van der Waals surface area contributed by atoms with Crippen LogP contribution in [0.25, 0.3) is 0 Å². The number of hydrogen-bond acceptors (Lipinski definition) is 3. The number of aryl methyl sites for hydroxylation is 1. The lowest BCUT2D eigenvalue weighted by molar-refractivity contribution is -0.119. The SMILES string of the molecule is Cc1cc(C(=O)NC2CCCCC2)ccc1NC(=O)C1CCCN1C(=O)c1ccccc1. The normalized spacial score (nSPS) is 18.9. The molecule has 6 nitrogen and oxygen atoms in total. The zero-order valence-corrected chi connectivity index (χ0v) is 18.6. The molecular formula is C26H31N3O3. The Morgan fingerprint density at radius 1 is 0.875 bits per heavy atom. The highest BCUT2D eigenvalue weighted by Crippen LogP contribution is 2.24. The Hall–Kier alpha value is -3.15. The summed E-state index contributed by atoms with van der Waals surface area (Å²) in [5.74, 6) is -0.364. The summed E-state index contributed by atoms with van der Waals surface area (Å²) in [6, 6.07) is 14.2. The molecule has 1 heterocycles. The van der Waals surface area contributed by atoms with Crippen LogP contribution < -0.4 is 10.6 Å². The van der Waals surface area contributed by atoms with Gasteiger partial charge in [-0.2, -0.15) is 0 Å². The molecule has 1 saturated carbocycles. The molecule has 1 atom stereocenters. The van der Waals surface area contributed by atoms with Gasteiger partial charge in [0.05, 0.1) is 0 Å². The molecule has 1 aliphatic heterocycles. The molecule has 0 spiro atoms. The highest BCUT2D eigenvalue weighted by molar-refractivity contribution is 6.02. The van der Waals surface area contributed by atoms with Crippen molar-refractivity contribution in [1.82, 2.24) is 10.2 Å². The summed E-state index contributed by atoms with van der Waals surface area (Å²) in [6.45, 7) is 2.46. The number of carbonyl (C=O) groups excluding carboxylic acids is 3. The molecule has 0 radical (unpaired) electrons. The number of likely N-dealkylation sites (tertiary alicyclic amines) is 1. The van der Waals surface area contributed by atoms with Crippen molar-refractivity contribution in [3.05, 3.63) is 65.2 Å². The summed E-state index contributed by atoms with van der Waals surface area (Å²) < 4.78 is 0. The largest absolute Gasteiger partial charge is 0.349 e. The number of hydrogen-bond donors (Lipinski definition) is 2. The van der Waals surface area contributed by atoms with Crippen molar-refractivity contribution in [3.8, 4) is 0 Å². The van der Waals surface area contributed by atoms with Gasteiger partial charge in [-0.25, -0.2) is 0 Å². The zero-order chi connectivity index (χ0) is 22.5. The van der Waals surface area contributed by atoms with Crippen LogP contribution in [0.1, 0.15) is 71.2 Å². The van der Waals surface area contributed by atoms with Gasteiger partial charge < -0.3 is 15.5 Å². The number of nitrogens with zero attached hydrogens (tertiary/aromatic N) is 1. The van der Waals surface area contributed by atoms with Crippen molar-refractivity contribution >= 4 is 23.4 Å². The molecule has 2 aromatic rings. The summed E-state index contributed by atoms with van der Waals surface area (Å²) in [6.07, 6.45) is 7.10. The Bertz CT molecular complexity index is 983. The molecule has 1 unspecified atom stereocenters. The van der Waals surface area contributed by atoms with Crippen molar-refractivity contribution in [2.24, 2.45) is 0 Å². The third kappa shape index (κ3) is 5.01. The van der Waals surface area contributed by atoms with Gasteiger partial charge in [-0.3, -0.25) is 14.4 Å². The Labute approximate surface area is 189 Å². The molecule has 2 aromatic carbocycles. The van der Waals surface area contributed by atoms with Gasteiger partial charge in [-0.1, -0.05) is 37.5 Å². The van der Waals surface area contributed by atoms with Crippen molar-refractivity contribution in [3.63, 3.8) is 0 Å². The van der Waals surface area contributed by atoms with Crippen LogP contribution in [0.3, 0.4) is 0 Å². The fourth-order valence-corrected chi connectivity index (χ4v) is 4.71. The van der Waals surface area contributed by atoms with Crippen molar-refractivity contribution in [1.29, 1.82) is 0 Å². The third-order valence-corrected chi connectivity index (χ3v) is 6.52. The lowest BCUT2D eigenvalue weighted by Crippen LogP contribution is -2.43. The highest BCUT2D eigenvalue weighted by atomic mass is 16.2. The second-order valence-corrected chi connectivity index (χ2v) is 8.85. The van der Waals surface area contributed by atoms with E-state index in [4.69, 9.17) is 0 Å². The van der Waals surface area contributed by atoms with E-state index < -0.39 is 6.04 Å². The van der Waals surface area contributed by atoms with Crippen molar-refractivity contribution < 1.29 is 14.4 Å². The van der Waals surface area contributed by atoms with Crippen LogP contribution in [-0.2, 0) is 4.79 Å². The topological polar surface area (TPSA) is 78.5 Å². The first-order valence-corrected chi connectivity index (χ1v) is 11.6. The fourth-order valence-electron chi connectivity index (χ4n) is 4.71. The van der Waals surface area contributed by atoms with Gasteiger partial charge in [-0.05, 0) is 68.5 Å². The fraction of sp³-hybridized carbons (Fsp3) is 0.423. The smallest absolute Gasteiger partial charge is 0.254 e. The predicted octanol–water partition coefficient (Wildman–Crippen LogP) is 4.30.